The lowest BCUT2D eigenvalue weighted by atomic mass is 10.1. The topological polar surface area (TPSA) is 46.5 Å². The summed E-state index contributed by atoms with van der Waals surface area (Å²) in [6.07, 6.45) is 0.956. The molecule has 0 saturated carbocycles. The van der Waals surface area contributed by atoms with Gasteiger partial charge in [-0.25, -0.2) is 0 Å². The maximum absolute atomic E-state index is 12.3. The minimum Gasteiger partial charge on any atom is -0.199 e. The van der Waals surface area contributed by atoms with Gasteiger partial charge < -0.3 is 0 Å². The zero-order valence-corrected chi connectivity index (χ0v) is 13.3. The molecule has 0 aliphatic heterocycles. The Labute approximate surface area is 126 Å². The highest BCUT2D eigenvalue weighted by Gasteiger charge is 2.13. The van der Waals surface area contributed by atoms with Gasteiger partial charge in [0.25, 0.3) is 10.0 Å². The Morgan fingerprint density at radius 2 is 1.57 bits per heavy atom. The minimum atomic E-state index is -3.65. The molecule has 0 spiro atoms. The molecular weight excluding hydrogens is 282 g/mol. The van der Waals surface area contributed by atoms with Crippen LogP contribution in [0.1, 0.15) is 30.5 Å². The van der Waals surface area contributed by atoms with Crippen molar-refractivity contribution in [3.05, 3.63) is 65.2 Å². The van der Waals surface area contributed by atoms with Crippen LogP contribution >= 0.6 is 0 Å². The maximum atomic E-state index is 12.3. The number of rotatable bonds is 4. The Bertz CT molecular complexity index is 742. The Kier molecular flexibility index (Phi) is 4.58. The SMILES string of the molecule is CCc1ccc(C(C)=NS(=O)(=O)c2ccc(C)cc2)cc1. The molecule has 0 fully saturated rings. The first-order valence-corrected chi connectivity index (χ1v) is 8.34. The van der Waals surface area contributed by atoms with Gasteiger partial charge in [0, 0.05) is 0 Å². The molecule has 0 saturated heterocycles. The third-order valence-corrected chi connectivity index (χ3v) is 4.74. The predicted molar refractivity (Wildman–Crippen MR) is 86.4 cm³/mol. The first kappa shape index (κ1) is 15.4. The van der Waals surface area contributed by atoms with Crippen LogP contribution in [0.2, 0.25) is 0 Å². The molecule has 4 heteroatoms. The second kappa shape index (κ2) is 6.22. The van der Waals surface area contributed by atoms with E-state index in [4.69, 9.17) is 0 Å². The smallest absolute Gasteiger partial charge is 0.199 e. The maximum Gasteiger partial charge on any atom is 0.282 e. The van der Waals surface area contributed by atoms with Crippen molar-refractivity contribution in [3.63, 3.8) is 0 Å². The van der Waals surface area contributed by atoms with E-state index in [2.05, 4.69) is 11.3 Å². The van der Waals surface area contributed by atoms with Gasteiger partial charge in [0.05, 0.1) is 10.6 Å². The van der Waals surface area contributed by atoms with Crippen LogP contribution in [0.3, 0.4) is 0 Å². The van der Waals surface area contributed by atoms with Gasteiger partial charge in [0.2, 0.25) is 0 Å². The average Bonchev–Trinajstić information content (AvgIpc) is 2.47. The molecule has 0 amide bonds. The van der Waals surface area contributed by atoms with Gasteiger partial charge in [-0.05, 0) is 43.5 Å². The molecule has 0 atom stereocenters. The molecule has 0 bridgehead atoms. The Balaban J connectivity index is 2.33. The summed E-state index contributed by atoms with van der Waals surface area (Å²) in [5.74, 6) is 0. The quantitative estimate of drug-likeness (QED) is 0.807. The van der Waals surface area contributed by atoms with Gasteiger partial charge in [-0.2, -0.15) is 12.8 Å². The standard InChI is InChI=1S/C17H19NO2S/c1-4-15-7-9-16(10-8-15)14(3)18-21(19,20)17-11-5-13(2)6-12-17/h5-12H,4H2,1-3H3. The lowest BCUT2D eigenvalue weighted by Gasteiger charge is -2.04. The summed E-state index contributed by atoms with van der Waals surface area (Å²) < 4.78 is 28.4. The molecule has 0 aromatic heterocycles. The van der Waals surface area contributed by atoms with Crippen molar-refractivity contribution in [3.8, 4) is 0 Å². The van der Waals surface area contributed by atoms with E-state index >= 15 is 0 Å². The van der Waals surface area contributed by atoms with Gasteiger partial charge in [0.1, 0.15) is 0 Å². The largest absolute Gasteiger partial charge is 0.282 e. The number of sulfonamides is 1. The van der Waals surface area contributed by atoms with E-state index in [-0.39, 0.29) is 4.90 Å². The first-order chi connectivity index (χ1) is 9.92. The van der Waals surface area contributed by atoms with Crippen molar-refractivity contribution in [2.24, 2.45) is 4.40 Å². The van der Waals surface area contributed by atoms with E-state index in [1.807, 2.05) is 31.2 Å². The van der Waals surface area contributed by atoms with Gasteiger partial charge in [-0.15, -0.1) is 0 Å². The van der Waals surface area contributed by atoms with Gasteiger partial charge in [0.15, 0.2) is 0 Å². The van der Waals surface area contributed by atoms with Gasteiger partial charge in [-0.3, -0.25) is 0 Å². The summed E-state index contributed by atoms with van der Waals surface area (Å²) in [6.45, 7) is 5.71. The molecule has 21 heavy (non-hydrogen) atoms. The van der Waals surface area contributed by atoms with Gasteiger partial charge >= 0.3 is 0 Å². The molecular formula is C17H19NO2S. The van der Waals surface area contributed by atoms with Crippen molar-refractivity contribution in [1.29, 1.82) is 0 Å². The van der Waals surface area contributed by atoms with E-state index in [1.165, 1.54) is 5.56 Å². The summed E-state index contributed by atoms with van der Waals surface area (Å²) in [5, 5.41) is 0. The fourth-order valence-electron chi connectivity index (χ4n) is 1.98. The summed E-state index contributed by atoms with van der Waals surface area (Å²) >= 11 is 0. The van der Waals surface area contributed by atoms with Crippen LogP contribution < -0.4 is 0 Å². The molecule has 2 aromatic rings. The Morgan fingerprint density at radius 1 is 1.00 bits per heavy atom. The molecule has 2 rings (SSSR count). The lowest BCUT2D eigenvalue weighted by molar-refractivity contribution is 0.598. The minimum absolute atomic E-state index is 0.220. The summed E-state index contributed by atoms with van der Waals surface area (Å²) in [6, 6.07) is 14.5. The molecule has 0 heterocycles. The van der Waals surface area contributed by atoms with Crippen LogP contribution in [0.5, 0.6) is 0 Å². The fraction of sp³-hybridized carbons (Fsp3) is 0.235. The molecule has 0 N–H and O–H groups in total. The molecule has 110 valence electrons. The number of hydrogen-bond donors (Lipinski definition) is 0. The molecule has 0 aliphatic rings. The highest BCUT2D eigenvalue weighted by Crippen LogP contribution is 2.15. The zero-order valence-electron chi connectivity index (χ0n) is 12.5. The van der Waals surface area contributed by atoms with Gasteiger partial charge in [-0.1, -0.05) is 48.9 Å². The van der Waals surface area contributed by atoms with Crippen molar-refractivity contribution in [2.75, 3.05) is 0 Å². The molecule has 3 nitrogen and oxygen atoms in total. The van der Waals surface area contributed by atoms with Crippen LogP contribution in [-0.2, 0) is 16.4 Å². The Morgan fingerprint density at radius 3 is 2.10 bits per heavy atom. The van der Waals surface area contributed by atoms with Crippen molar-refractivity contribution < 1.29 is 8.42 Å². The monoisotopic (exact) mass is 301 g/mol. The lowest BCUT2D eigenvalue weighted by Crippen LogP contribution is -2.03. The van der Waals surface area contributed by atoms with E-state index < -0.39 is 10.0 Å². The van der Waals surface area contributed by atoms with Crippen LogP contribution in [0.25, 0.3) is 0 Å². The van der Waals surface area contributed by atoms with E-state index in [0.29, 0.717) is 5.71 Å². The number of nitrogens with zero attached hydrogens (tertiary/aromatic N) is 1. The average molecular weight is 301 g/mol. The van der Waals surface area contributed by atoms with E-state index in [1.54, 1.807) is 31.2 Å². The highest BCUT2D eigenvalue weighted by molar-refractivity contribution is 7.90. The van der Waals surface area contributed by atoms with Crippen molar-refractivity contribution in [2.45, 2.75) is 32.1 Å². The molecule has 0 radical (unpaired) electrons. The number of aryl methyl sites for hydroxylation is 2. The van der Waals surface area contributed by atoms with Crippen LogP contribution in [0.15, 0.2) is 57.8 Å². The number of benzene rings is 2. The first-order valence-electron chi connectivity index (χ1n) is 6.90. The van der Waals surface area contributed by atoms with Crippen molar-refractivity contribution in [1.82, 2.24) is 0 Å². The number of hydrogen-bond acceptors (Lipinski definition) is 2. The fourth-order valence-corrected chi connectivity index (χ4v) is 3.03. The second-order valence-electron chi connectivity index (χ2n) is 5.02. The molecule has 0 unspecified atom stereocenters. The van der Waals surface area contributed by atoms with Crippen LogP contribution in [0, 0.1) is 6.92 Å². The third kappa shape index (κ3) is 3.79. The van der Waals surface area contributed by atoms with E-state index in [9.17, 15) is 8.42 Å². The predicted octanol–water partition coefficient (Wildman–Crippen LogP) is 3.76. The van der Waals surface area contributed by atoms with Crippen LogP contribution in [-0.4, -0.2) is 14.1 Å². The van der Waals surface area contributed by atoms with Crippen molar-refractivity contribution >= 4 is 15.7 Å². The Hall–Kier alpha value is -1.94. The summed E-state index contributed by atoms with van der Waals surface area (Å²) in [5.41, 5.74) is 3.55. The van der Waals surface area contributed by atoms with Crippen LogP contribution in [0.4, 0.5) is 0 Å². The zero-order chi connectivity index (χ0) is 15.5. The molecule has 2 aromatic carbocycles. The highest BCUT2D eigenvalue weighted by atomic mass is 32.2. The second-order valence-corrected chi connectivity index (χ2v) is 6.62. The third-order valence-electron chi connectivity index (χ3n) is 3.36. The summed E-state index contributed by atoms with van der Waals surface area (Å²) in [7, 11) is -3.65. The molecule has 0 aliphatic carbocycles. The normalized spacial score (nSPS) is 12.4. The van der Waals surface area contributed by atoms with E-state index in [0.717, 1.165) is 17.5 Å². The summed E-state index contributed by atoms with van der Waals surface area (Å²) in [4.78, 5) is 0.220.